The Kier molecular flexibility index (Phi) is 9.45. The fraction of sp³-hybridized carbons (Fsp3) is 0.692. The molecule has 1 atom stereocenters. The number of hydrogen-bond donors (Lipinski definition) is 1. The average Bonchev–Trinajstić information content (AvgIpc) is 3.30. The number of carbonyl (C=O) groups excluding carboxylic acids is 2. The number of likely N-dealkylation sites (tertiary alicyclic amines) is 1. The molecule has 8 heteroatoms. The van der Waals surface area contributed by atoms with Crippen molar-refractivity contribution in [3.05, 3.63) is 23.8 Å². The molecule has 1 saturated carbocycles. The summed E-state index contributed by atoms with van der Waals surface area (Å²) in [5, 5.41) is 3.07. The topological polar surface area (TPSA) is 86.3 Å². The van der Waals surface area contributed by atoms with Crippen molar-refractivity contribution in [3.8, 4) is 11.5 Å². The summed E-state index contributed by atoms with van der Waals surface area (Å²) in [6, 6.07) is 5.22. The monoisotopic (exact) mass is 476 g/mol. The van der Waals surface area contributed by atoms with E-state index in [2.05, 4.69) is 5.32 Å². The number of rotatable bonds is 9. The van der Waals surface area contributed by atoms with Crippen LogP contribution < -0.4 is 14.8 Å². The van der Waals surface area contributed by atoms with Gasteiger partial charge in [0.25, 0.3) is 5.91 Å². The summed E-state index contributed by atoms with van der Waals surface area (Å²) in [5.41, 5.74) is -0.0372. The summed E-state index contributed by atoms with van der Waals surface area (Å²) >= 11 is 0. The maximum Gasteiger partial charge on any atom is 0.410 e. The van der Waals surface area contributed by atoms with Crippen molar-refractivity contribution in [2.24, 2.45) is 0 Å². The molecule has 1 aliphatic carbocycles. The van der Waals surface area contributed by atoms with E-state index in [0.717, 1.165) is 32.1 Å². The van der Waals surface area contributed by atoms with Crippen LogP contribution in [-0.2, 0) is 9.47 Å². The second kappa shape index (κ2) is 12.3. The molecule has 190 valence electrons. The van der Waals surface area contributed by atoms with Gasteiger partial charge in [-0.2, -0.15) is 0 Å². The van der Waals surface area contributed by atoms with Gasteiger partial charge in [-0.05, 0) is 77.5 Å². The highest BCUT2D eigenvalue weighted by atomic mass is 16.6. The Balaban J connectivity index is 1.63. The lowest BCUT2D eigenvalue weighted by atomic mass is 10.1. The number of benzene rings is 1. The van der Waals surface area contributed by atoms with Crippen LogP contribution in [-0.4, -0.2) is 68.1 Å². The van der Waals surface area contributed by atoms with Crippen LogP contribution in [0, 0.1) is 0 Å². The van der Waals surface area contributed by atoms with E-state index in [1.165, 1.54) is 12.8 Å². The second-order valence-electron chi connectivity index (χ2n) is 10.1. The van der Waals surface area contributed by atoms with E-state index in [1.54, 1.807) is 24.1 Å². The van der Waals surface area contributed by atoms with Crippen molar-refractivity contribution in [1.29, 1.82) is 0 Å². The van der Waals surface area contributed by atoms with Crippen molar-refractivity contribution >= 4 is 12.0 Å². The maximum atomic E-state index is 13.0. The molecule has 0 unspecified atom stereocenters. The molecule has 0 radical (unpaired) electrons. The quantitative estimate of drug-likeness (QED) is 0.526. The van der Waals surface area contributed by atoms with Crippen LogP contribution in [0.3, 0.4) is 0 Å². The van der Waals surface area contributed by atoms with E-state index in [0.29, 0.717) is 43.4 Å². The summed E-state index contributed by atoms with van der Waals surface area (Å²) in [7, 11) is 1.66. The highest BCUT2D eigenvalue weighted by Crippen LogP contribution is 2.33. The molecule has 2 aliphatic rings. The third-order valence-corrected chi connectivity index (χ3v) is 5.96. The summed E-state index contributed by atoms with van der Waals surface area (Å²) in [6.45, 7) is 7.70. The zero-order chi connectivity index (χ0) is 24.6. The molecule has 2 amide bonds. The minimum absolute atomic E-state index is 0.130. The Hall–Kier alpha value is -2.48. The van der Waals surface area contributed by atoms with Crippen LogP contribution in [0.15, 0.2) is 18.2 Å². The first-order valence-corrected chi connectivity index (χ1v) is 12.5. The number of nitrogens with zero attached hydrogens (tertiary/aromatic N) is 1. The first-order valence-electron chi connectivity index (χ1n) is 12.5. The van der Waals surface area contributed by atoms with Gasteiger partial charge >= 0.3 is 6.09 Å². The largest absolute Gasteiger partial charge is 0.490 e. The van der Waals surface area contributed by atoms with Crippen LogP contribution in [0.5, 0.6) is 11.5 Å². The predicted molar refractivity (Wildman–Crippen MR) is 130 cm³/mol. The van der Waals surface area contributed by atoms with Gasteiger partial charge in [-0.15, -0.1) is 0 Å². The van der Waals surface area contributed by atoms with Gasteiger partial charge in [0, 0.05) is 44.8 Å². The van der Waals surface area contributed by atoms with Crippen LogP contribution in [0.1, 0.15) is 76.1 Å². The van der Waals surface area contributed by atoms with Crippen molar-refractivity contribution in [3.63, 3.8) is 0 Å². The van der Waals surface area contributed by atoms with E-state index in [9.17, 15) is 9.59 Å². The molecule has 34 heavy (non-hydrogen) atoms. The summed E-state index contributed by atoms with van der Waals surface area (Å²) in [4.78, 5) is 27.1. The van der Waals surface area contributed by atoms with Gasteiger partial charge in [0.05, 0.1) is 12.7 Å². The van der Waals surface area contributed by atoms with Gasteiger partial charge in [-0.25, -0.2) is 4.79 Å². The molecule has 1 saturated heterocycles. The summed E-state index contributed by atoms with van der Waals surface area (Å²) in [5.74, 6) is 1.06. The van der Waals surface area contributed by atoms with Gasteiger partial charge in [0.1, 0.15) is 5.60 Å². The molecule has 2 fully saturated rings. The van der Waals surface area contributed by atoms with E-state index in [-0.39, 0.29) is 24.1 Å². The van der Waals surface area contributed by atoms with Gasteiger partial charge in [0.15, 0.2) is 11.5 Å². The Labute approximate surface area is 203 Å². The molecule has 1 aromatic rings. The fourth-order valence-electron chi connectivity index (χ4n) is 4.29. The second-order valence-corrected chi connectivity index (χ2v) is 10.1. The number of ether oxygens (including phenoxy) is 4. The maximum absolute atomic E-state index is 13.0. The van der Waals surface area contributed by atoms with Crippen LogP contribution in [0.25, 0.3) is 0 Å². The number of hydrogen-bond acceptors (Lipinski definition) is 6. The van der Waals surface area contributed by atoms with Gasteiger partial charge in [0.2, 0.25) is 0 Å². The number of carbonyl (C=O) groups is 2. The number of methoxy groups -OCH3 is 1. The normalized spacial score (nSPS) is 19.1. The van der Waals surface area contributed by atoms with Crippen molar-refractivity contribution < 1.29 is 28.5 Å². The highest BCUT2D eigenvalue weighted by molar-refractivity contribution is 5.95. The third-order valence-electron chi connectivity index (χ3n) is 5.96. The number of amides is 2. The van der Waals surface area contributed by atoms with Crippen LogP contribution in [0.2, 0.25) is 0 Å². The molecule has 8 nitrogen and oxygen atoms in total. The Morgan fingerprint density at radius 3 is 2.53 bits per heavy atom. The minimum atomic E-state index is -0.546. The molecular weight excluding hydrogens is 436 g/mol. The predicted octanol–water partition coefficient (Wildman–Crippen LogP) is 4.55. The van der Waals surface area contributed by atoms with Crippen molar-refractivity contribution in [2.45, 2.75) is 83.5 Å². The van der Waals surface area contributed by atoms with Crippen LogP contribution in [0.4, 0.5) is 4.79 Å². The van der Waals surface area contributed by atoms with E-state index < -0.39 is 5.60 Å². The van der Waals surface area contributed by atoms with Crippen molar-refractivity contribution in [2.75, 3.05) is 33.4 Å². The zero-order valence-electron chi connectivity index (χ0n) is 21.1. The molecule has 0 aromatic heterocycles. The first kappa shape index (κ1) is 26.1. The van der Waals surface area contributed by atoms with E-state index in [4.69, 9.17) is 18.9 Å². The standard InChI is InChI=1S/C26H40N2O6/c1-26(2,3)34-25(30)28-14-7-9-20(18-28)27-24(29)19-12-13-22(33-21-10-5-6-11-21)23(17-19)32-16-8-15-31-4/h12-13,17,20-21H,5-11,14-16,18H2,1-4H3,(H,27,29)/t20-/m1/s1. The summed E-state index contributed by atoms with van der Waals surface area (Å²) in [6.07, 6.45) is 6.67. The molecule has 1 aromatic carbocycles. The van der Waals surface area contributed by atoms with E-state index in [1.807, 2.05) is 26.8 Å². The van der Waals surface area contributed by atoms with E-state index >= 15 is 0 Å². The smallest absolute Gasteiger partial charge is 0.410 e. The van der Waals surface area contributed by atoms with Gasteiger partial charge in [-0.3, -0.25) is 4.79 Å². The molecule has 0 bridgehead atoms. The molecule has 3 rings (SSSR count). The lowest BCUT2D eigenvalue weighted by Gasteiger charge is -2.34. The van der Waals surface area contributed by atoms with Crippen LogP contribution >= 0.6 is 0 Å². The van der Waals surface area contributed by atoms with Crippen molar-refractivity contribution in [1.82, 2.24) is 10.2 Å². The molecule has 1 aliphatic heterocycles. The summed E-state index contributed by atoms with van der Waals surface area (Å²) < 4.78 is 22.7. The van der Waals surface area contributed by atoms with Gasteiger partial charge < -0.3 is 29.2 Å². The van der Waals surface area contributed by atoms with Gasteiger partial charge in [-0.1, -0.05) is 0 Å². The lowest BCUT2D eigenvalue weighted by molar-refractivity contribution is 0.0185. The molecule has 1 heterocycles. The Morgan fingerprint density at radius 2 is 1.82 bits per heavy atom. The molecule has 1 N–H and O–H groups in total. The molecular formula is C26H40N2O6. The first-order chi connectivity index (χ1) is 16.2. The highest BCUT2D eigenvalue weighted by Gasteiger charge is 2.29. The SMILES string of the molecule is COCCCOc1cc(C(=O)N[C@@H]2CCCN(C(=O)OC(C)(C)C)C2)ccc1OC1CCCC1. The Bertz CT molecular complexity index is 816. The zero-order valence-corrected chi connectivity index (χ0v) is 21.1. The third kappa shape index (κ3) is 8.08. The lowest BCUT2D eigenvalue weighted by Crippen LogP contribution is -2.50. The number of piperidine rings is 1. The Morgan fingerprint density at radius 1 is 1.06 bits per heavy atom. The minimum Gasteiger partial charge on any atom is -0.490 e. The number of nitrogens with one attached hydrogen (secondary N) is 1. The molecule has 0 spiro atoms. The fourth-order valence-corrected chi connectivity index (χ4v) is 4.29. The average molecular weight is 477 g/mol.